The highest BCUT2D eigenvalue weighted by Gasteiger charge is 2.46. The van der Waals surface area contributed by atoms with E-state index in [1.54, 1.807) is 0 Å². The normalized spacial score (nSPS) is 25.1. The van der Waals surface area contributed by atoms with Gasteiger partial charge >= 0.3 is 0 Å². The predicted molar refractivity (Wildman–Crippen MR) is 120 cm³/mol. The molecule has 3 aromatic carbocycles. The van der Waals surface area contributed by atoms with Crippen molar-refractivity contribution in [1.29, 1.82) is 0 Å². The molecule has 3 aliphatic rings. The Bertz CT molecular complexity index is 935. The van der Waals surface area contributed by atoms with Crippen LogP contribution in [0.2, 0.25) is 0 Å². The maximum Gasteiger partial charge on any atom is 0.123 e. The summed E-state index contributed by atoms with van der Waals surface area (Å²) in [6, 6.07) is 24.8. The summed E-state index contributed by atoms with van der Waals surface area (Å²) in [5.74, 6) is 0.205. The summed E-state index contributed by atoms with van der Waals surface area (Å²) in [5, 5.41) is 3.87. The minimum absolute atomic E-state index is 0.0533. The minimum Gasteiger partial charge on any atom is -0.308 e. The van der Waals surface area contributed by atoms with E-state index in [2.05, 4.69) is 34.5 Å². The van der Waals surface area contributed by atoms with E-state index in [0.717, 1.165) is 30.8 Å². The van der Waals surface area contributed by atoms with Gasteiger partial charge in [0.25, 0.3) is 0 Å². The van der Waals surface area contributed by atoms with Crippen molar-refractivity contribution in [2.75, 3.05) is 13.1 Å². The molecule has 3 aromatic rings. The molecule has 0 aromatic heterocycles. The second kappa shape index (κ2) is 8.89. The first kappa shape index (κ1) is 20.3. The molecule has 2 atom stereocenters. The first-order chi connectivity index (χ1) is 15.2. The number of rotatable bonds is 6. The number of hydrogen-bond acceptors (Lipinski definition) is 2. The van der Waals surface area contributed by atoms with Crippen molar-refractivity contribution in [3.8, 4) is 0 Å². The average Bonchev–Trinajstić information content (AvgIpc) is 2.82. The van der Waals surface area contributed by atoms with Crippen LogP contribution in [-0.2, 0) is 6.54 Å². The van der Waals surface area contributed by atoms with Gasteiger partial charge in [0.1, 0.15) is 11.6 Å². The molecule has 31 heavy (non-hydrogen) atoms. The van der Waals surface area contributed by atoms with E-state index in [9.17, 15) is 8.78 Å². The molecule has 2 bridgehead atoms. The Hall–Kier alpha value is -2.56. The molecule has 0 unspecified atom stereocenters. The summed E-state index contributed by atoms with van der Waals surface area (Å²) in [5.41, 5.74) is 3.44. The van der Waals surface area contributed by atoms with Gasteiger partial charge in [-0.05, 0) is 72.8 Å². The Morgan fingerprint density at radius 1 is 0.774 bits per heavy atom. The number of hydrogen-bond donors (Lipinski definition) is 1. The van der Waals surface area contributed by atoms with Crippen LogP contribution in [0.3, 0.4) is 0 Å². The summed E-state index contributed by atoms with van der Waals surface area (Å²) in [7, 11) is 0. The van der Waals surface area contributed by atoms with Crippen LogP contribution in [0.15, 0.2) is 78.9 Å². The van der Waals surface area contributed by atoms with Crippen LogP contribution in [0.4, 0.5) is 8.78 Å². The van der Waals surface area contributed by atoms with Gasteiger partial charge < -0.3 is 5.32 Å². The van der Waals surface area contributed by atoms with E-state index >= 15 is 0 Å². The highest BCUT2D eigenvalue weighted by molar-refractivity contribution is 5.36. The highest BCUT2D eigenvalue weighted by Crippen LogP contribution is 2.42. The molecule has 0 aliphatic carbocycles. The van der Waals surface area contributed by atoms with E-state index in [4.69, 9.17) is 0 Å². The number of nitrogens with one attached hydrogen (secondary N) is 1. The van der Waals surface area contributed by atoms with Gasteiger partial charge in [0.2, 0.25) is 0 Å². The van der Waals surface area contributed by atoms with Crippen molar-refractivity contribution >= 4 is 0 Å². The zero-order valence-electron chi connectivity index (χ0n) is 17.6. The topological polar surface area (TPSA) is 15.3 Å². The second-order valence-corrected chi connectivity index (χ2v) is 8.84. The van der Waals surface area contributed by atoms with Gasteiger partial charge in [-0.1, -0.05) is 54.6 Å². The van der Waals surface area contributed by atoms with Crippen LogP contribution in [0, 0.1) is 17.6 Å². The van der Waals surface area contributed by atoms with Gasteiger partial charge in [0, 0.05) is 24.5 Å². The van der Waals surface area contributed by atoms with Gasteiger partial charge in [-0.25, -0.2) is 8.78 Å². The molecule has 0 saturated carbocycles. The maximum absolute atomic E-state index is 13.7. The SMILES string of the molecule is Fc1ccc(C(c2ccc(F)cc2)[C@H]2[C@H](NCc3ccccc3)C3CCN2CC3)cc1. The number of halogens is 2. The molecule has 0 amide bonds. The van der Waals surface area contributed by atoms with Gasteiger partial charge in [-0.2, -0.15) is 0 Å². The number of benzene rings is 3. The number of fused-ring (bicyclic) bond motifs is 3. The first-order valence-electron chi connectivity index (χ1n) is 11.2. The molecule has 6 rings (SSSR count). The molecular formula is C27H28F2N2. The monoisotopic (exact) mass is 418 g/mol. The molecule has 0 spiro atoms. The summed E-state index contributed by atoms with van der Waals surface area (Å²) in [6.07, 6.45) is 2.39. The third-order valence-corrected chi connectivity index (χ3v) is 7.06. The molecule has 4 heteroatoms. The Balaban J connectivity index is 1.51. The summed E-state index contributed by atoms with van der Waals surface area (Å²) < 4.78 is 27.4. The smallest absolute Gasteiger partial charge is 0.123 e. The van der Waals surface area contributed by atoms with Crippen LogP contribution in [-0.4, -0.2) is 30.1 Å². The van der Waals surface area contributed by atoms with Crippen molar-refractivity contribution < 1.29 is 8.78 Å². The van der Waals surface area contributed by atoms with Gasteiger partial charge in [-0.3, -0.25) is 4.90 Å². The maximum atomic E-state index is 13.7. The molecular weight excluding hydrogens is 390 g/mol. The Morgan fingerprint density at radius 3 is 1.87 bits per heavy atom. The number of piperidine rings is 3. The molecule has 160 valence electrons. The third-order valence-electron chi connectivity index (χ3n) is 7.06. The molecule has 3 heterocycles. The van der Waals surface area contributed by atoms with Gasteiger partial charge in [0.15, 0.2) is 0 Å². The lowest BCUT2D eigenvalue weighted by atomic mass is 9.70. The average molecular weight is 419 g/mol. The van der Waals surface area contributed by atoms with E-state index < -0.39 is 0 Å². The Morgan fingerprint density at radius 2 is 1.32 bits per heavy atom. The van der Waals surface area contributed by atoms with Crippen LogP contribution >= 0.6 is 0 Å². The molecule has 3 fully saturated rings. The van der Waals surface area contributed by atoms with Gasteiger partial charge in [-0.15, -0.1) is 0 Å². The van der Waals surface area contributed by atoms with E-state index in [0.29, 0.717) is 12.0 Å². The molecule has 1 N–H and O–H groups in total. The molecule has 3 saturated heterocycles. The zero-order valence-corrected chi connectivity index (χ0v) is 17.6. The fourth-order valence-electron chi connectivity index (χ4n) is 5.55. The van der Waals surface area contributed by atoms with Crippen molar-refractivity contribution in [1.82, 2.24) is 10.2 Å². The van der Waals surface area contributed by atoms with Crippen LogP contribution in [0.5, 0.6) is 0 Å². The molecule has 0 radical (unpaired) electrons. The van der Waals surface area contributed by atoms with Crippen LogP contribution in [0.25, 0.3) is 0 Å². The van der Waals surface area contributed by atoms with Crippen molar-refractivity contribution in [3.63, 3.8) is 0 Å². The third kappa shape index (κ3) is 4.28. The van der Waals surface area contributed by atoms with E-state index in [1.165, 1.54) is 42.7 Å². The first-order valence-corrected chi connectivity index (χ1v) is 11.2. The van der Waals surface area contributed by atoms with Gasteiger partial charge in [0.05, 0.1) is 0 Å². The Kier molecular flexibility index (Phi) is 5.84. The Labute approximate surface area is 182 Å². The lowest BCUT2D eigenvalue weighted by Crippen LogP contribution is -2.64. The summed E-state index contributed by atoms with van der Waals surface area (Å²) in [6.45, 7) is 2.99. The van der Waals surface area contributed by atoms with Crippen molar-refractivity contribution in [2.24, 2.45) is 5.92 Å². The van der Waals surface area contributed by atoms with E-state index in [-0.39, 0.29) is 23.6 Å². The number of nitrogens with zero attached hydrogens (tertiary/aromatic N) is 1. The molecule has 2 nitrogen and oxygen atoms in total. The van der Waals surface area contributed by atoms with Crippen LogP contribution in [0.1, 0.15) is 35.4 Å². The largest absolute Gasteiger partial charge is 0.308 e. The lowest BCUT2D eigenvalue weighted by molar-refractivity contribution is 0.00466. The standard InChI is InChI=1S/C27H28F2N2/c28-23-10-6-20(7-11-23)25(21-8-12-24(29)13-9-21)27-26(22-14-16-31(27)17-15-22)30-18-19-4-2-1-3-5-19/h1-13,22,25-27,30H,14-18H2/t26-,27+/m1/s1. The lowest BCUT2D eigenvalue weighted by Gasteiger charge is -2.54. The fraction of sp³-hybridized carbons (Fsp3) is 0.333. The van der Waals surface area contributed by atoms with Crippen molar-refractivity contribution in [3.05, 3.63) is 107 Å². The summed E-state index contributed by atoms with van der Waals surface area (Å²) >= 11 is 0. The van der Waals surface area contributed by atoms with Crippen LogP contribution < -0.4 is 5.32 Å². The summed E-state index contributed by atoms with van der Waals surface area (Å²) in [4.78, 5) is 2.58. The quantitative estimate of drug-likeness (QED) is 0.581. The highest BCUT2D eigenvalue weighted by atomic mass is 19.1. The zero-order chi connectivity index (χ0) is 21.2. The van der Waals surface area contributed by atoms with E-state index in [1.807, 2.05) is 30.3 Å². The van der Waals surface area contributed by atoms with Crippen molar-refractivity contribution in [2.45, 2.75) is 37.4 Å². The predicted octanol–water partition coefficient (Wildman–Crippen LogP) is 5.35. The molecule has 3 aliphatic heterocycles. The second-order valence-electron chi connectivity index (χ2n) is 8.84. The minimum atomic E-state index is -0.231. The fourth-order valence-corrected chi connectivity index (χ4v) is 5.55.